The summed E-state index contributed by atoms with van der Waals surface area (Å²) in [6.07, 6.45) is 0.218. The van der Waals surface area contributed by atoms with Crippen LogP contribution < -0.4 is 4.72 Å². The number of methoxy groups -OCH3 is 1. The number of hydrogen-bond donors (Lipinski definition) is 2. The Morgan fingerprint density at radius 1 is 1.39 bits per heavy atom. The number of carboxylic acid groups (broad SMARTS) is 1. The van der Waals surface area contributed by atoms with Crippen LogP contribution >= 0.6 is 0 Å². The summed E-state index contributed by atoms with van der Waals surface area (Å²) in [5.41, 5.74) is -1.54. The van der Waals surface area contributed by atoms with E-state index in [0.29, 0.717) is 12.8 Å². The van der Waals surface area contributed by atoms with Gasteiger partial charge in [0, 0.05) is 6.54 Å². The molecule has 1 aliphatic rings. The lowest BCUT2D eigenvalue weighted by atomic mass is 9.91. The van der Waals surface area contributed by atoms with Crippen molar-refractivity contribution in [3.63, 3.8) is 0 Å². The maximum atomic E-state index is 11.9. The number of amides is 1. The summed E-state index contributed by atoms with van der Waals surface area (Å²) in [4.78, 5) is 22.2. The van der Waals surface area contributed by atoms with Crippen molar-refractivity contribution < 1.29 is 27.9 Å². The van der Waals surface area contributed by atoms with Crippen LogP contribution in [0.2, 0.25) is 0 Å². The summed E-state index contributed by atoms with van der Waals surface area (Å²) in [5.74, 6) is -1.24. The van der Waals surface area contributed by atoms with Gasteiger partial charge < -0.3 is 9.84 Å². The second kappa shape index (κ2) is 5.11. The molecule has 0 aromatic rings. The topological polar surface area (TPSA) is 113 Å². The average Bonchev–Trinajstić information content (AvgIpc) is 2.28. The van der Waals surface area contributed by atoms with Crippen LogP contribution in [0.25, 0.3) is 0 Å². The van der Waals surface area contributed by atoms with Gasteiger partial charge in [-0.05, 0) is 26.2 Å². The van der Waals surface area contributed by atoms with Crippen LogP contribution in [0.5, 0.6) is 0 Å². The highest BCUT2D eigenvalue weighted by atomic mass is 32.2. The van der Waals surface area contributed by atoms with Crippen LogP contribution in [-0.4, -0.2) is 49.1 Å². The first-order valence-corrected chi connectivity index (χ1v) is 6.80. The molecule has 1 saturated heterocycles. The predicted octanol–water partition coefficient (Wildman–Crippen LogP) is -0.0836. The number of carbonyl (C=O) groups excluding carboxylic acids is 1. The number of nitrogens with zero attached hydrogens (tertiary/aromatic N) is 1. The summed E-state index contributed by atoms with van der Waals surface area (Å²) in [7, 11) is -3.19. The Bertz CT molecular complexity index is 448. The molecule has 104 valence electrons. The van der Waals surface area contributed by atoms with E-state index in [1.165, 1.54) is 6.92 Å². The quantitative estimate of drug-likeness (QED) is 0.747. The van der Waals surface area contributed by atoms with Crippen LogP contribution in [-0.2, 0) is 19.7 Å². The number of hydrogen-bond acceptors (Lipinski definition) is 5. The number of carbonyl (C=O) groups is 2. The van der Waals surface area contributed by atoms with Crippen LogP contribution in [0, 0.1) is 0 Å². The van der Waals surface area contributed by atoms with Gasteiger partial charge in [-0.15, -0.1) is 0 Å². The average molecular weight is 280 g/mol. The molecule has 0 spiro atoms. The molecule has 1 atom stereocenters. The molecular weight excluding hydrogens is 264 g/mol. The van der Waals surface area contributed by atoms with Gasteiger partial charge in [0.15, 0.2) is 0 Å². The van der Waals surface area contributed by atoms with Crippen LogP contribution in [0.4, 0.5) is 4.79 Å². The fraction of sp³-hybridized carbons (Fsp3) is 0.778. The lowest BCUT2D eigenvalue weighted by Crippen LogP contribution is -2.60. The molecule has 2 N–H and O–H groups in total. The Labute approximate surface area is 105 Å². The van der Waals surface area contributed by atoms with Gasteiger partial charge in [-0.25, -0.2) is 9.52 Å². The zero-order valence-corrected chi connectivity index (χ0v) is 11.0. The van der Waals surface area contributed by atoms with E-state index in [4.69, 9.17) is 0 Å². The van der Waals surface area contributed by atoms with Crippen molar-refractivity contribution in [3.05, 3.63) is 0 Å². The number of aliphatic carboxylic acids is 1. The minimum atomic E-state index is -4.22. The Hall–Kier alpha value is -1.35. The monoisotopic (exact) mass is 280 g/mol. The minimum absolute atomic E-state index is 0.0507. The molecule has 0 radical (unpaired) electrons. The van der Waals surface area contributed by atoms with Crippen molar-refractivity contribution in [2.24, 2.45) is 0 Å². The second-order valence-corrected chi connectivity index (χ2v) is 5.80. The maximum Gasteiger partial charge on any atom is 0.421 e. The van der Waals surface area contributed by atoms with Gasteiger partial charge in [-0.3, -0.25) is 4.79 Å². The number of carboxylic acids is 1. The van der Waals surface area contributed by atoms with Gasteiger partial charge in [-0.1, -0.05) is 0 Å². The normalized spacial score (nSPS) is 25.4. The molecule has 1 aliphatic heterocycles. The summed E-state index contributed by atoms with van der Waals surface area (Å²) in [6.45, 7) is 1.38. The highest BCUT2D eigenvalue weighted by Crippen LogP contribution is 2.30. The molecule has 0 aliphatic carbocycles. The number of rotatable bonds is 3. The Kier molecular flexibility index (Phi) is 4.17. The SMILES string of the molecule is COC(=O)NS(=O)(=O)N1CCCCC1(C)C(=O)O. The number of nitrogens with one attached hydrogen (secondary N) is 1. The van der Waals surface area contributed by atoms with E-state index >= 15 is 0 Å². The Balaban J connectivity index is 3.04. The zero-order valence-electron chi connectivity index (χ0n) is 10.2. The zero-order chi connectivity index (χ0) is 14.0. The number of piperidine rings is 1. The molecule has 0 saturated carbocycles. The van der Waals surface area contributed by atoms with Gasteiger partial charge in [-0.2, -0.15) is 12.7 Å². The molecule has 1 fully saturated rings. The molecule has 18 heavy (non-hydrogen) atoms. The predicted molar refractivity (Wildman–Crippen MR) is 61.1 cm³/mol. The maximum absolute atomic E-state index is 11.9. The second-order valence-electron chi connectivity index (χ2n) is 4.21. The van der Waals surface area contributed by atoms with Gasteiger partial charge in [0.2, 0.25) is 0 Å². The van der Waals surface area contributed by atoms with E-state index in [0.717, 1.165) is 11.4 Å². The molecule has 0 aromatic heterocycles. The minimum Gasteiger partial charge on any atom is -0.480 e. The molecular formula is C9H16N2O6S. The summed E-state index contributed by atoms with van der Waals surface area (Å²) >= 11 is 0. The standard InChI is InChI=1S/C9H16N2O6S/c1-9(7(12)13)5-3-4-6-11(9)18(15,16)10-8(14)17-2/h3-6H2,1-2H3,(H,10,14)(H,12,13). The van der Waals surface area contributed by atoms with Gasteiger partial charge in [0.05, 0.1) is 7.11 Å². The third-order valence-electron chi connectivity index (χ3n) is 2.97. The highest BCUT2D eigenvalue weighted by Gasteiger charge is 2.48. The van der Waals surface area contributed by atoms with Crippen molar-refractivity contribution >= 4 is 22.3 Å². The van der Waals surface area contributed by atoms with Crippen molar-refractivity contribution in [1.29, 1.82) is 0 Å². The molecule has 1 amide bonds. The molecule has 1 rings (SSSR count). The van der Waals surface area contributed by atoms with Crippen LogP contribution in [0.15, 0.2) is 0 Å². The van der Waals surface area contributed by atoms with E-state index in [1.807, 2.05) is 0 Å². The lowest BCUT2D eigenvalue weighted by molar-refractivity contribution is -0.149. The van der Waals surface area contributed by atoms with E-state index in [9.17, 15) is 23.1 Å². The summed E-state index contributed by atoms with van der Waals surface area (Å²) in [5, 5.41) is 9.17. The molecule has 0 aromatic carbocycles. The van der Waals surface area contributed by atoms with Gasteiger partial charge in [0.25, 0.3) is 0 Å². The third kappa shape index (κ3) is 2.72. The van der Waals surface area contributed by atoms with Crippen LogP contribution in [0.1, 0.15) is 26.2 Å². The van der Waals surface area contributed by atoms with E-state index < -0.39 is 27.8 Å². The van der Waals surface area contributed by atoms with Gasteiger partial charge in [0.1, 0.15) is 5.54 Å². The van der Waals surface area contributed by atoms with E-state index in [2.05, 4.69) is 4.74 Å². The first-order valence-electron chi connectivity index (χ1n) is 5.36. The Morgan fingerprint density at radius 3 is 2.50 bits per heavy atom. The highest BCUT2D eigenvalue weighted by molar-refractivity contribution is 7.87. The lowest BCUT2D eigenvalue weighted by Gasteiger charge is -2.39. The fourth-order valence-corrected chi connectivity index (χ4v) is 3.37. The van der Waals surface area contributed by atoms with Crippen molar-refractivity contribution in [2.45, 2.75) is 31.7 Å². The fourth-order valence-electron chi connectivity index (χ4n) is 1.90. The van der Waals surface area contributed by atoms with Crippen molar-refractivity contribution in [2.75, 3.05) is 13.7 Å². The summed E-state index contributed by atoms with van der Waals surface area (Å²) in [6, 6.07) is 0. The van der Waals surface area contributed by atoms with E-state index in [1.54, 1.807) is 4.72 Å². The largest absolute Gasteiger partial charge is 0.480 e. The van der Waals surface area contributed by atoms with Crippen LogP contribution in [0.3, 0.4) is 0 Å². The van der Waals surface area contributed by atoms with Crippen molar-refractivity contribution in [3.8, 4) is 0 Å². The first kappa shape index (κ1) is 14.7. The molecule has 1 heterocycles. The first-order chi connectivity index (χ1) is 8.24. The molecule has 1 unspecified atom stereocenters. The third-order valence-corrected chi connectivity index (χ3v) is 4.56. The number of ether oxygens (including phenoxy) is 1. The van der Waals surface area contributed by atoms with Crippen molar-refractivity contribution in [1.82, 2.24) is 9.03 Å². The smallest absolute Gasteiger partial charge is 0.421 e. The molecule has 0 bridgehead atoms. The van der Waals surface area contributed by atoms with Gasteiger partial charge >= 0.3 is 22.3 Å². The Morgan fingerprint density at radius 2 is 2.00 bits per heavy atom. The molecule has 9 heteroatoms. The van der Waals surface area contributed by atoms with E-state index in [-0.39, 0.29) is 13.0 Å². The summed E-state index contributed by atoms with van der Waals surface area (Å²) < 4.78 is 30.5. The molecule has 8 nitrogen and oxygen atoms in total.